The minimum absolute atomic E-state index is 0.0327. The van der Waals surface area contributed by atoms with Crippen molar-refractivity contribution in [2.45, 2.75) is 38.8 Å². The molecule has 7 nitrogen and oxygen atoms in total. The maximum atomic E-state index is 12.4. The van der Waals surface area contributed by atoms with E-state index in [0.717, 1.165) is 0 Å². The zero-order valence-corrected chi connectivity index (χ0v) is 16.5. The van der Waals surface area contributed by atoms with E-state index in [1.54, 1.807) is 25.7 Å². The van der Waals surface area contributed by atoms with Crippen molar-refractivity contribution < 1.29 is 26.6 Å². The summed E-state index contributed by atoms with van der Waals surface area (Å²) < 4.78 is 47.4. The molecule has 27 heavy (non-hydrogen) atoms. The van der Waals surface area contributed by atoms with Gasteiger partial charge in [-0.25, -0.2) is 22.1 Å². The fourth-order valence-electron chi connectivity index (χ4n) is 2.37. The van der Waals surface area contributed by atoms with Gasteiger partial charge in [0.15, 0.2) is 0 Å². The van der Waals surface area contributed by atoms with Crippen LogP contribution in [-0.4, -0.2) is 61.9 Å². The predicted molar refractivity (Wildman–Crippen MR) is 94.4 cm³/mol. The van der Waals surface area contributed by atoms with Gasteiger partial charge < -0.3 is 19.7 Å². The van der Waals surface area contributed by atoms with Gasteiger partial charge in [0.05, 0.1) is 13.3 Å². The second-order valence-corrected chi connectivity index (χ2v) is 8.17. The lowest BCUT2D eigenvalue weighted by Crippen LogP contribution is -2.36. The third kappa shape index (κ3) is 6.63. The molecule has 1 amide bonds. The Labute approximate surface area is 156 Å². The minimum Gasteiger partial charge on any atom is -0.480 e. The molecule has 148 valence electrons. The van der Waals surface area contributed by atoms with Gasteiger partial charge >= 0.3 is 15.2 Å². The van der Waals surface area contributed by atoms with Crippen LogP contribution in [0.4, 0.5) is 23.1 Å². The van der Waals surface area contributed by atoms with Crippen LogP contribution >= 0.6 is 0 Å². The highest BCUT2D eigenvalue weighted by Crippen LogP contribution is 2.20. The summed E-state index contributed by atoms with van der Waals surface area (Å²) in [5.41, 5.74) is 0.686. The van der Waals surface area contributed by atoms with Gasteiger partial charge in [0.1, 0.15) is 11.2 Å². The van der Waals surface area contributed by atoms with Gasteiger partial charge in [-0.1, -0.05) is 5.92 Å². The van der Waals surface area contributed by atoms with Crippen molar-refractivity contribution in [2.24, 2.45) is 0 Å². The molecule has 0 aliphatic carbocycles. The van der Waals surface area contributed by atoms with Gasteiger partial charge in [0.25, 0.3) is 0 Å². The molecule has 0 bridgehead atoms. The molecule has 1 aliphatic rings. The molecule has 0 unspecified atom stereocenters. The molecule has 1 saturated heterocycles. The van der Waals surface area contributed by atoms with Crippen LogP contribution < -0.4 is 10.1 Å². The number of anilines is 1. The average Bonchev–Trinajstić information content (AvgIpc) is 2.99. The summed E-state index contributed by atoms with van der Waals surface area (Å²) in [5, 5.41) is 3.05. The quantitative estimate of drug-likeness (QED) is 0.476. The van der Waals surface area contributed by atoms with Crippen LogP contribution in [0.25, 0.3) is 0 Å². The number of halogens is 3. The van der Waals surface area contributed by atoms with Crippen LogP contribution in [0.3, 0.4) is 0 Å². The molecule has 0 radical (unpaired) electrons. The van der Waals surface area contributed by atoms with Crippen LogP contribution in [0.1, 0.15) is 32.8 Å². The minimum atomic E-state index is -5.99. The van der Waals surface area contributed by atoms with Crippen LogP contribution in [-0.2, 0) is 4.74 Å². The zero-order chi connectivity index (χ0) is 20.2. The summed E-state index contributed by atoms with van der Waals surface area (Å²) in [6.07, 6.45) is 1.45. The third-order valence-corrected chi connectivity index (χ3v) is 3.87. The van der Waals surface area contributed by atoms with E-state index in [9.17, 15) is 17.1 Å². The number of hydrogen-bond donors (Lipinski definition) is 1. The lowest BCUT2D eigenvalue weighted by Gasteiger charge is -2.24. The number of nitrogens with zero attached hydrogens (tertiary/aromatic N) is 3. The van der Waals surface area contributed by atoms with Crippen molar-refractivity contribution in [2.75, 3.05) is 25.5 Å². The first-order chi connectivity index (χ1) is 12.5. The first kappa shape index (κ1) is 20.8. The van der Waals surface area contributed by atoms with E-state index in [-0.39, 0.29) is 23.4 Å². The Bertz CT molecular complexity index is 756. The van der Waals surface area contributed by atoms with Crippen molar-refractivity contribution in [3.05, 3.63) is 11.8 Å². The van der Waals surface area contributed by atoms with Crippen molar-refractivity contribution in [1.82, 2.24) is 14.9 Å². The summed E-state index contributed by atoms with van der Waals surface area (Å²) in [6, 6.07) is -0.109. The van der Waals surface area contributed by atoms with Gasteiger partial charge in [-0.2, -0.15) is 4.98 Å². The fourth-order valence-corrected chi connectivity index (χ4v) is 2.64. The topological polar surface area (TPSA) is 76.6 Å². The Morgan fingerprint density at radius 2 is 2.11 bits per heavy atom. The Morgan fingerprint density at radius 1 is 1.41 bits per heavy atom. The summed E-state index contributed by atoms with van der Waals surface area (Å²) in [7, 11) is -4.70. The number of ether oxygens (including phenoxy) is 2. The van der Waals surface area contributed by atoms with Crippen LogP contribution in [0.2, 0.25) is 0 Å². The van der Waals surface area contributed by atoms with Crippen molar-refractivity contribution in [3.8, 4) is 17.3 Å². The number of carbonyl (C=O) groups excluding carboxylic acids is 1. The van der Waals surface area contributed by atoms with Crippen molar-refractivity contribution in [3.63, 3.8) is 0 Å². The first-order valence-corrected chi connectivity index (χ1v) is 9.85. The second-order valence-electron chi connectivity index (χ2n) is 6.92. The normalized spacial score (nSPS) is 17.1. The largest absolute Gasteiger partial charge is 0.709 e. The molecule has 1 aromatic rings. The Balaban J connectivity index is 2.02. The van der Waals surface area contributed by atoms with Gasteiger partial charge in [-0.15, -0.1) is 0 Å². The van der Waals surface area contributed by atoms with Crippen LogP contribution in [0.15, 0.2) is 6.20 Å². The van der Waals surface area contributed by atoms with E-state index in [1.807, 2.05) is 5.92 Å². The number of aromatic nitrogens is 2. The van der Waals surface area contributed by atoms with Gasteiger partial charge in [0.2, 0.25) is 11.8 Å². The molecular formula is C16H21F3N4O3Si. The average molecular weight is 402 g/mol. The van der Waals surface area contributed by atoms with E-state index >= 15 is 0 Å². The summed E-state index contributed by atoms with van der Waals surface area (Å²) >= 11 is 0. The smallest absolute Gasteiger partial charge is 0.480 e. The van der Waals surface area contributed by atoms with Crippen LogP contribution in [0, 0.1) is 11.5 Å². The highest BCUT2D eigenvalue weighted by Gasteiger charge is 2.35. The number of likely N-dealkylation sites (tertiary alicyclic amines) is 1. The first-order valence-electron chi connectivity index (χ1n) is 8.22. The van der Waals surface area contributed by atoms with E-state index in [4.69, 9.17) is 9.47 Å². The highest BCUT2D eigenvalue weighted by molar-refractivity contribution is 6.67. The lowest BCUT2D eigenvalue weighted by atomic mass is 10.2. The molecule has 0 aromatic carbocycles. The van der Waals surface area contributed by atoms with Gasteiger partial charge in [-0.05, 0) is 32.7 Å². The molecule has 1 atom stereocenters. The number of amides is 1. The maximum absolute atomic E-state index is 12.4. The molecule has 2 heterocycles. The standard InChI is InChI=1S/C16H21F3N4O3Si/c1-16(2,3)26-15(24)23-7-5-12(10-23)21-14-20-9-11(13(22-14)25-4)6-8-27(17,18)19/h9,12H,5,7,10H2,1-4H3,(H,20,21,22)/t12-/m1/s1. The Morgan fingerprint density at radius 3 is 2.70 bits per heavy atom. The van der Waals surface area contributed by atoms with Crippen molar-refractivity contribution in [1.29, 1.82) is 0 Å². The van der Waals surface area contributed by atoms with E-state index in [0.29, 0.717) is 19.5 Å². The van der Waals surface area contributed by atoms with E-state index < -0.39 is 20.8 Å². The highest BCUT2D eigenvalue weighted by atomic mass is 28.5. The molecule has 2 rings (SSSR count). The number of carbonyl (C=O) groups is 1. The zero-order valence-electron chi connectivity index (χ0n) is 15.5. The molecule has 1 aliphatic heterocycles. The summed E-state index contributed by atoms with van der Waals surface area (Å²) in [4.78, 5) is 21.7. The van der Waals surface area contributed by atoms with Crippen LogP contribution in [0.5, 0.6) is 5.88 Å². The van der Waals surface area contributed by atoms with E-state index in [1.165, 1.54) is 18.9 Å². The summed E-state index contributed by atoms with van der Waals surface area (Å²) in [5.74, 6) is 2.16. The fraction of sp³-hybridized carbons (Fsp3) is 0.562. The van der Waals surface area contributed by atoms with E-state index in [2.05, 4.69) is 15.3 Å². The SMILES string of the molecule is COc1nc(N[C@@H]2CCN(C(=O)OC(C)(C)C)C2)ncc1C#C[Si](F)(F)F. The molecule has 1 fully saturated rings. The maximum Gasteiger partial charge on any atom is 0.709 e. The Kier molecular flexibility index (Phi) is 6.20. The molecule has 11 heteroatoms. The number of hydrogen-bond acceptors (Lipinski definition) is 6. The number of rotatable bonds is 3. The predicted octanol–water partition coefficient (Wildman–Crippen LogP) is 2.64. The van der Waals surface area contributed by atoms with Gasteiger partial charge in [0, 0.05) is 19.1 Å². The number of nitrogens with one attached hydrogen (secondary N) is 1. The Hall–Kier alpha value is -2.48. The molecular weight excluding hydrogens is 381 g/mol. The molecule has 0 spiro atoms. The molecule has 1 N–H and O–H groups in total. The molecule has 1 aromatic heterocycles. The second kappa shape index (κ2) is 8.04. The number of methoxy groups -OCH3 is 1. The summed E-state index contributed by atoms with van der Waals surface area (Å²) in [6.45, 7) is 6.30. The lowest BCUT2D eigenvalue weighted by molar-refractivity contribution is 0.0293. The molecule has 0 saturated carbocycles. The third-order valence-electron chi connectivity index (χ3n) is 3.46. The van der Waals surface area contributed by atoms with Gasteiger partial charge in [-0.3, -0.25) is 0 Å². The monoisotopic (exact) mass is 402 g/mol. The van der Waals surface area contributed by atoms with Crippen molar-refractivity contribution >= 4 is 21.1 Å².